The van der Waals surface area contributed by atoms with E-state index in [0.29, 0.717) is 12.1 Å². The third-order valence-electron chi connectivity index (χ3n) is 2.54. The van der Waals surface area contributed by atoms with Gasteiger partial charge < -0.3 is 21.1 Å². The van der Waals surface area contributed by atoms with E-state index in [2.05, 4.69) is 0 Å². The molecule has 0 radical (unpaired) electrons. The third kappa shape index (κ3) is 3.43. The number of nitrogens with two attached hydrogens (primary N) is 1. The van der Waals surface area contributed by atoms with Crippen molar-refractivity contribution in [1.82, 2.24) is 0 Å². The minimum Gasteiger partial charge on any atom is -0.478 e. The molecule has 2 unspecified atom stereocenters. The van der Waals surface area contributed by atoms with Gasteiger partial charge in [0.15, 0.2) is 0 Å². The quantitative estimate of drug-likeness (QED) is 0.651. The minimum atomic E-state index is -4.69. The fourth-order valence-corrected chi connectivity index (χ4v) is 1.51. The molecule has 0 saturated heterocycles. The van der Waals surface area contributed by atoms with Crippen molar-refractivity contribution < 1.29 is 33.3 Å². The van der Waals surface area contributed by atoms with Crippen LogP contribution in [0.1, 0.15) is 27.6 Å². The van der Waals surface area contributed by atoms with Crippen LogP contribution in [0.4, 0.5) is 13.2 Å². The Kier molecular flexibility index (Phi) is 4.51. The summed E-state index contributed by atoms with van der Waals surface area (Å²) in [7, 11) is 0. The molecule has 0 bridgehead atoms. The maximum Gasteiger partial charge on any atom is 0.416 e. The van der Waals surface area contributed by atoms with E-state index in [1.165, 1.54) is 0 Å². The van der Waals surface area contributed by atoms with Gasteiger partial charge in [0.1, 0.15) is 6.10 Å². The second kappa shape index (κ2) is 5.55. The number of carboxylic acid groups (broad SMARTS) is 1. The van der Waals surface area contributed by atoms with E-state index in [0.717, 1.165) is 6.07 Å². The lowest BCUT2D eigenvalue weighted by Gasteiger charge is -2.19. The maximum atomic E-state index is 12.5. The Morgan fingerprint density at radius 3 is 2.32 bits per heavy atom. The molecule has 1 rings (SSSR count). The normalized spacial score (nSPS) is 15.1. The average Bonchev–Trinajstić information content (AvgIpc) is 2.35. The first kappa shape index (κ1) is 15.4. The Balaban J connectivity index is 3.31. The van der Waals surface area contributed by atoms with Gasteiger partial charge >= 0.3 is 12.1 Å². The van der Waals surface area contributed by atoms with Gasteiger partial charge in [-0.05, 0) is 17.7 Å². The molecule has 0 saturated carbocycles. The molecule has 5 nitrogen and oxygen atoms in total. The van der Waals surface area contributed by atoms with Crippen molar-refractivity contribution in [2.45, 2.75) is 18.4 Å². The number of aliphatic hydroxyl groups is 2. The topological polar surface area (TPSA) is 104 Å². The fraction of sp³-hybridized carbons (Fsp3) is 0.364. The molecule has 0 fully saturated rings. The van der Waals surface area contributed by atoms with Gasteiger partial charge in [-0.1, -0.05) is 6.07 Å². The van der Waals surface area contributed by atoms with E-state index in [1.807, 2.05) is 0 Å². The van der Waals surface area contributed by atoms with Crippen molar-refractivity contribution in [3.8, 4) is 0 Å². The predicted octanol–water partition coefficient (Wildman–Crippen LogP) is 0.757. The van der Waals surface area contributed by atoms with Crippen LogP contribution in [0.2, 0.25) is 0 Å². The summed E-state index contributed by atoms with van der Waals surface area (Å²) in [5.74, 6) is -1.63. The summed E-state index contributed by atoms with van der Waals surface area (Å²) in [6.07, 6.45) is -7.83. The molecule has 1 aromatic carbocycles. The van der Waals surface area contributed by atoms with Gasteiger partial charge in [-0.25, -0.2) is 4.79 Å². The standard InChI is InChI=1S/C11H12F3NO4/c12-11(13,14)5-1-2-6(7(3-5)10(18)19)9(17)8(16)4-15/h1-3,8-9,16-17H,4,15H2,(H,18,19). The Labute approximate surface area is 106 Å². The maximum absolute atomic E-state index is 12.5. The number of aromatic carboxylic acids is 1. The van der Waals surface area contributed by atoms with Crippen molar-refractivity contribution in [3.05, 3.63) is 34.9 Å². The third-order valence-corrected chi connectivity index (χ3v) is 2.54. The van der Waals surface area contributed by atoms with Crippen molar-refractivity contribution in [3.63, 3.8) is 0 Å². The fourth-order valence-electron chi connectivity index (χ4n) is 1.51. The largest absolute Gasteiger partial charge is 0.478 e. The van der Waals surface area contributed by atoms with Crippen LogP contribution in [0.3, 0.4) is 0 Å². The zero-order valence-corrected chi connectivity index (χ0v) is 9.55. The minimum absolute atomic E-state index is 0.321. The summed E-state index contributed by atoms with van der Waals surface area (Å²) in [5.41, 5.74) is 2.90. The van der Waals surface area contributed by atoms with Crippen molar-refractivity contribution in [1.29, 1.82) is 0 Å². The number of hydrogen-bond acceptors (Lipinski definition) is 4. The molecule has 0 aliphatic carbocycles. The first-order chi connectivity index (χ1) is 8.68. The Hall–Kier alpha value is -1.64. The molecule has 0 spiro atoms. The molecule has 2 atom stereocenters. The number of carboxylic acids is 1. The Bertz CT molecular complexity index is 475. The van der Waals surface area contributed by atoms with Crippen LogP contribution in [0.15, 0.2) is 18.2 Å². The number of hydrogen-bond donors (Lipinski definition) is 4. The Morgan fingerprint density at radius 1 is 1.32 bits per heavy atom. The average molecular weight is 279 g/mol. The van der Waals surface area contributed by atoms with Crippen LogP contribution in [0, 0.1) is 0 Å². The highest BCUT2D eigenvalue weighted by atomic mass is 19.4. The first-order valence-electron chi connectivity index (χ1n) is 5.19. The van der Waals surface area contributed by atoms with Gasteiger partial charge in [-0.2, -0.15) is 13.2 Å². The molecule has 0 heterocycles. The van der Waals surface area contributed by atoms with E-state index >= 15 is 0 Å². The lowest BCUT2D eigenvalue weighted by molar-refractivity contribution is -0.137. The number of carbonyl (C=O) groups is 1. The summed E-state index contributed by atoms with van der Waals surface area (Å²) in [4.78, 5) is 10.9. The van der Waals surface area contributed by atoms with Crippen LogP contribution in [0.5, 0.6) is 0 Å². The molecule has 0 amide bonds. The van der Waals surface area contributed by atoms with E-state index < -0.39 is 35.5 Å². The van der Waals surface area contributed by atoms with Crippen LogP contribution >= 0.6 is 0 Å². The summed E-state index contributed by atoms with van der Waals surface area (Å²) in [6, 6.07) is 1.86. The number of aliphatic hydroxyl groups excluding tert-OH is 2. The molecule has 8 heteroatoms. The highest BCUT2D eigenvalue weighted by Crippen LogP contribution is 2.32. The monoisotopic (exact) mass is 279 g/mol. The summed E-state index contributed by atoms with van der Waals surface area (Å²) in [5, 5.41) is 27.8. The molecule has 106 valence electrons. The first-order valence-corrected chi connectivity index (χ1v) is 5.19. The summed E-state index contributed by atoms with van der Waals surface area (Å²) >= 11 is 0. The molecule has 1 aromatic rings. The zero-order chi connectivity index (χ0) is 14.8. The van der Waals surface area contributed by atoms with Crippen molar-refractivity contribution in [2.75, 3.05) is 6.54 Å². The molecule has 0 aromatic heterocycles. The molecular weight excluding hydrogens is 267 g/mol. The zero-order valence-electron chi connectivity index (χ0n) is 9.55. The van der Waals surface area contributed by atoms with Gasteiger partial charge in [0.05, 0.1) is 17.2 Å². The molecule has 0 aliphatic rings. The summed E-state index contributed by atoms with van der Waals surface area (Å²) in [6.45, 7) is -0.360. The lowest BCUT2D eigenvalue weighted by atomic mass is 9.96. The van der Waals surface area contributed by atoms with Crippen LogP contribution in [-0.2, 0) is 6.18 Å². The van der Waals surface area contributed by atoms with E-state index in [-0.39, 0.29) is 12.1 Å². The number of rotatable bonds is 4. The molecule has 5 N–H and O–H groups in total. The smallest absolute Gasteiger partial charge is 0.416 e. The highest BCUT2D eigenvalue weighted by molar-refractivity contribution is 5.89. The van der Waals surface area contributed by atoms with Gasteiger partial charge in [-0.15, -0.1) is 0 Å². The SMILES string of the molecule is NCC(O)C(O)c1ccc(C(F)(F)F)cc1C(=O)O. The number of benzene rings is 1. The number of alkyl halides is 3. The number of halogens is 3. The second-order valence-corrected chi connectivity index (χ2v) is 3.85. The lowest BCUT2D eigenvalue weighted by Crippen LogP contribution is -2.28. The van der Waals surface area contributed by atoms with Crippen molar-refractivity contribution in [2.24, 2.45) is 5.73 Å². The van der Waals surface area contributed by atoms with Crippen LogP contribution in [-0.4, -0.2) is 33.9 Å². The second-order valence-electron chi connectivity index (χ2n) is 3.85. The molecule has 0 aliphatic heterocycles. The van der Waals surface area contributed by atoms with Crippen molar-refractivity contribution >= 4 is 5.97 Å². The Morgan fingerprint density at radius 2 is 1.89 bits per heavy atom. The van der Waals surface area contributed by atoms with Gasteiger partial charge in [-0.3, -0.25) is 0 Å². The molecule has 19 heavy (non-hydrogen) atoms. The predicted molar refractivity (Wildman–Crippen MR) is 58.4 cm³/mol. The van der Waals surface area contributed by atoms with Gasteiger partial charge in [0.25, 0.3) is 0 Å². The van der Waals surface area contributed by atoms with E-state index in [9.17, 15) is 28.2 Å². The van der Waals surface area contributed by atoms with Crippen LogP contribution < -0.4 is 5.73 Å². The van der Waals surface area contributed by atoms with E-state index in [4.69, 9.17) is 10.8 Å². The van der Waals surface area contributed by atoms with Gasteiger partial charge in [0.2, 0.25) is 0 Å². The molecular formula is C11H12F3NO4. The van der Waals surface area contributed by atoms with E-state index in [1.54, 1.807) is 0 Å². The van der Waals surface area contributed by atoms with Crippen LogP contribution in [0.25, 0.3) is 0 Å². The summed E-state index contributed by atoms with van der Waals surface area (Å²) < 4.78 is 37.4. The highest BCUT2D eigenvalue weighted by Gasteiger charge is 2.33. The van der Waals surface area contributed by atoms with Gasteiger partial charge in [0, 0.05) is 6.54 Å².